The SMILES string of the molecule is C=CCCCCCCCCC/C(C)=C/C(=O)O. The summed E-state index contributed by atoms with van der Waals surface area (Å²) in [5, 5.41) is 8.54. The zero-order valence-electron chi connectivity index (χ0n) is 11.1. The molecule has 0 aliphatic rings. The molecule has 0 radical (unpaired) electrons. The van der Waals surface area contributed by atoms with E-state index in [1.54, 1.807) is 0 Å². The van der Waals surface area contributed by atoms with Crippen molar-refractivity contribution in [1.29, 1.82) is 0 Å². The largest absolute Gasteiger partial charge is 0.478 e. The van der Waals surface area contributed by atoms with Crippen molar-refractivity contribution < 1.29 is 9.90 Å². The smallest absolute Gasteiger partial charge is 0.328 e. The molecule has 2 heteroatoms. The first-order valence-corrected chi connectivity index (χ1v) is 6.68. The molecule has 0 aliphatic heterocycles. The molecule has 0 rings (SSSR count). The summed E-state index contributed by atoms with van der Waals surface area (Å²) >= 11 is 0. The summed E-state index contributed by atoms with van der Waals surface area (Å²) in [7, 11) is 0. The molecular weight excluding hydrogens is 212 g/mol. The molecule has 0 bridgehead atoms. The summed E-state index contributed by atoms with van der Waals surface area (Å²) in [6.45, 7) is 5.60. The first-order valence-electron chi connectivity index (χ1n) is 6.68. The minimum Gasteiger partial charge on any atom is -0.478 e. The number of hydrogen-bond donors (Lipinski definition) is 1. The van der Waals surface area contributed by atoms with E-state index in [0.29, 0.717) is 0 Å². The van der Waals surface area contributed by atoms with Gasteiger partial charge < -0.3 is 5.11 Å². The molecule has 17 heavy (non-hydrogen) atoms. The number of carbonyl (C=O) groups is 1. The van der Waals surface area contributed by atoms with Crippen LogP contribution in [0.3, 0.4) is 0 Å². The van der Waals surface area contributed by atoms with Gasteiger partial charge in [0.2, 0.25) is 0 Å². The van der Waals surface area contributed by atoms with Gasteiger partial charge in [0.1, 0.15) is 0 Å². The highest BCUT2D eigenvalue weighted by molar-refractivity contribution is 5.80. The van der Waals surface area contributed by atoms with E-state index < -0.39 is 5.97 Å². The molecule has 2 nitrogen and oxygen atoms in total. The first kappa shape index (κ1) is 16.0. The van der Waals surface area contributed by atoms with Gasteiger partial charge in [-0.2, -0.15) is 0 Å². The van der Waals surface area contributed by atoms with E-state index >= 15 is 0 Å². The zero-order valence-corrected chi connectivity index (χ0v) is 11.1. The molecule has 0 spiro atoms. The van der Waals surface area contributed by atoms with Gasteiger partial charge in [-0.1, -0.05) is 43.8 Å². The lowest BCUT2D eigenvalue weighted by molar-refractivity contribution is -0.131. The lowest BCUT2D eigenvalue weighted by Crippen LogP contribution is -1.90. The molecule has 0 aromatic carbocycles. The van der Waals surface area contributed by atoms with Crippen LogP contribution in [-0.2, 0) is 4.79 Å². The van der Waals surface area contributed by atoms with E-state index in [2.05, 4.69) is 6.58 Å². The Morgan fingerprint density at radius 2 is 1.59 bits per heavy atom. The van der Waals surface area contributed by atoms with Crippen molar-refractivity contribution in [2.75, 3.05) is 0 Å². The Morgan fingerprint density at radius 3 is 2.12 bits per heavy atom. The third-order valence-corrected chi connectivity index (χ3v) is 2.85. The lowest BCUT2D eigenvalue weighted by Gasteiger charge is -2.02. The first-order chi connectivity index (χ1) is 8.16. The molecule has 0 fully saturated rings. The van der Waals surface area contributed by atoms with Gasteiger partial charge in [0, 0.05) is 6.08 Å². The van der Waals surface area contributed by atoms with Gasteiger partial charge in [0.25, 0.3) is 0 Å². The van der Waals surface area contributed by atoms with Crippen LogP contribution in [0.4, 0.5) is 0 Å². The average molecular weight is 238 g/mol. The molecule has 0 heterocycles. The number of hydrogen-bond acceptors (Lipinski definition) is 1. The summed E-state index contributed by atoms with van der Waals surface area (Å²) in [5.74, 6) is -0.829. The fourth-order valence-corrected chi connectivity index (χ4v) is 1.86. The average Bonchev–Trinajstić information content (AvgIpc) is 2.26. The Bertz CT molecular complexity index is 241. The molecule has 0 atom stereocenters. The topological polar surface area (TPSA) is 37.3 Å². The van der Waals surface area contributed by atoms with Crippen molar-refractivity contribution in [3.05, 3.63) is 24.3 Å². The van der Waals surface area contributed by atoms with Crippen LogP contribution in [0.15, 0.2) is 24.3 Å². The van der Waals surface area contributed by atoms with Crippen LogP contribution in [0.25, 0.3) is 0 Å². The van der Waals surface area contributed by atoms with Gasteiger partial charge in [-0.3, -0.25) is 0 Å². The fraction of sp³-hybridized carbons (Fsp3) is 0.667. The minimum absolute atomic E-state index is 0.829. The van der Waals surface area contributed by atoms with Crippen LogP contribution in [0.2, 0.25) is 0 Å². The molecule has 0 unspecified atom stereocenters. The van der Waals surface area contributed by atoms with E-state index in [9.17, 15) is 4.79 Å². The van der Waals surface area contributed by atoms with Crippen molar-refractivity contribution in [3.63, 3.8) is 0 Å². The third-order valence-electron chi connectivity index (χ3n) is 2.85. The number of carboxylic acids is 1. The molecule has 98 valence electrons. The van der Waals surface area contributed by atoms with E-state index in [0.717, 1.165) is 24.8 Å². The molecular formula is C15H26O2. The second-order valence-electron chi connectivity index (χ2n) is 4.63. The molecule has 0 saturated heterocycles. The highest BCUT2D eigenvalue weighted by Gasteiger charge is 1.95. The highest BCUT2D eigenvalue weighted by Crippen LogP contribution is 2.12. The second kappa shape index (κ2) is 11.4. The normalized spacial score (nSPS) is 11.5. The Balaban J connectivity index is 3.23. The number of unbranched alkanes of at least 4 members (excludes halogenated alkanes) is 7. The standard InChI is InChI=1S/C15H26O2/c1-3-4-5-6-7-8-9-10-11-12-14(2)13-15(16)17/h3,13H,1,4-12H2,2H3,(H,16,17)/b14-13+. The van der Waals surface area contributed by atoms with Crippen LogP contribution >= 0.6 is 0 Å². The van der Waals surface area contributed by atoms with Crippen molar-refractivity contribution in [2.45, 2.75) is 64.7 Å². The maximum Gasteiger partial charge on any atom is 0.328 e. The minimum atomic E-state index is -0.829. The molecule has 0 aromatic heterocycles. The maximum absolute atomic E-state index is 10.4. The van der Waals surface area contributed by atoms with Gasteiger partial charge in [0.05, 0.1) is 0 Å². The van der Waals surface area contributed by atoms with Crippen LogP contribution in [-0.4, -0.2) is 11.1 Å². The third kappa shape index (κ3) is 12.9. The monoisotopic (exact) mass is 238 g/mol. The highest BCUT2D eigenvalue weighted by atomic mass is 16.4. The van der Waals surface area contributed by atoms with Crippen molar-refractivity contribution in [3.8, 4) is 0 Å². The van der Waals surface area contributed by atoms with E-state index in [1.165, 1.54) is 44.6 Å². The van der Waals surface area contributed by atoms with Gasteiger partial charge in [-0.25, -0.2) is 4.79 Å². The van der Waals surface area contributed by atoms with Crippen molar-refractivity contribution >= 4 is 5.97 Å². The summed E-state index contributed by atoms with van der Waals surface area (Å²) in [6.07, 6.45) is 14.2. The van der Waals surface area contributed by atoms with Crippen molar-refractivity contribution in [1.82, 2.24) is 0 Å². The summed E-state index contributed by atoms with van der Waals surface area (Å²) < 4.78 is 0. The summed E-state index contributed by atoms with van der Waals surface area (Å²) in [4.78, 5) is 10.4. The maximum atomic E-state index is 10.4. The van der Waals surface area contributed by atoms with E-state index in [1.807, 2.05) is 13.0 Å². The number of rotatable bonds is 11. The Kier molecular flexibility index (Phi) is 10.7. The van der Waals surface area contributed by atoms with Gasteiger partial charge in [0.15, 0.2) is 0 Å². The van der Waals surface area contributed by atoms with Crippen LogP contribution in [0.5, 0.6) is 0 Å². The Morgan fingerprint density at radius 1 is 1.06 bits per heavy atom. The molecule has 0 amide bonds. The molecule has 0 aromatic rings. The van der Waals surface area contributed by atoms with Crippen LogP contribution < -0.4 is 0 Å². The second-order valence-corrected chi connectivity index (χ2v) is 4.63. The molecule has 1 N–H and O–H groups in total. The van der Waals surface area contributed by atoms with E-state index in [4.69, 9.17) is 5.11 Å². The fourth-order valence-electron chi connectivity index (χ4n) is 1.86. The van der Waals surface area contributed by atoms with E-state index in [-0.39, 0.29) is 0 Å². The number of carboxylic acid groups (broad SMARTS) is 1. The molecule has 0 aliphatic carbocycles. The predicted octanol–water partition coefficient (Wildman–Crippen LogP) is 4.71. The summed E-state index contributed by atoms with van der Waals surface area (Å²) in [6, 6.07) is 0. The predicted molar refractivity (Wildman–Crippen MR) is 73.1 cm³/mol. The van der Waals surface area contributed by atoms with Crippen LogP contribution in [0.1, 0.15) is 64.7 Å². The zero-order chi connectivity index (χ0) is 12.9. The van der Waals surface area contributed by atoms with Crippen LogP contribution in [0, 0.1) is 0 Å². The number of aliphatic carboxylic acids is 1. The van der Waals surface area contributed by atoms with Crippen molar-refractivity contribution in [2.24, 2.45) is 0 Å². The number of allylic oxidation sites excluding steroid dienone is 2. The van der Waals surface area contributed by atoms with Gasteiger partial charge in [-0.15, -0.1) is 6.58 Å². The Labute approximate surface area is 105 Å². The molecule has 0 saturated carbocycles. The van der Waals surface area contributed by atoms with Gasteiger partial charge >= 0.3 is 5.97 Å². The summed E-state index contributed by atoms with van der Waals surface area (Å²) in [5.41, 5.74) is 0.975. The quantitative estimate of drug-likeness (QED) is 0.321. The lowest BCUT2D eigenvalue weighted by atomic mass is 10.0. The Hall–Kier alpha value is -1.05. The van der Waals surface area contributed by atoms with Gasteiger partial charge in [-0.05, 0) is 32.6 Å².